The highest BCUT2D eigenvalue weighted by Gasteiger charge is 2.61. The Labute approximate surface area is 126 Å². The maximum atomic E-state index is 13.3. The van der Waals surface area contributed by atoms with Crippen molar-refractivity contribution in [3.63, 3.8) is 0 Å². The summed E-state index contributed by atoms with van der Waals surface area (Å²) in [5.74, 6) is -0.0696. The van der Waals surface area contributed by atoms with Crippen LogP contribution >= 0.6 is 0 Å². The second-order valence-electron chi connectivity index (χ2n) is 7.83. The van der Waals surface area contributed by atoms with Crippen molar-refractivity contribution in [2.24, 2.45) is 32.1 Å². The first-order valence-electron chi connectivity index (χ1n) is 7.32. The first kappa shape index (κ1) is 15.9. The van der Waals surface area contributed by atoms with Crippen molar-refractivity contribution in [1.29, 1.82) is 0 Å². The molecule has 2 unspecified atom stereocenters. The molecule has 0 bridgehead atoms. The number of Topliss-reactive ketones (excluding diaryl/α,β-unsaturated/α-hetero) is 1. The van der Waals surface area contributed by atoms with E-state index < -0.39 is 5.54 Å². The number of rotatable bonds is 1. The van der Waals surface area contributed by atoms with Crippen LogP contribution in [-0.2, 0) is 9.63 Å². The summed E-state index contributed by atoms with van der Waals surface area (Å²) in [6, 6.07) is 0. The molecular weight excluding hydrogens is 266 g/mol. The zero-order valence-corrected chi connectivity index (χ0v) is 14.0. The summed E-state index contributed by atoms with van der Waals surface area (Å²) < 4.78 is 0. The van der Waals surface area contributed by atoms with Crippen LogP contribution in [0.3, 0.4) is 0 Å². The third-order valence-electron chi connectivity index (χ3n) is 4.39. The molecule has 0 saturated heterocycles. The predicted octanol–water partition coefficient (Wildman–Crippen LogP) is 3.41. The largest absolute Gasteiger partial charge is 0.399 e. The number of fused-ring (bicyclic) bond motifs is 1. The number of azo groups is 1. The molecule has 0 aromatic carbocycles. The SMILES string of the molecule is CO/N=C1/C=C(C(C)(C)C)C(=O)C2(C(C)(C)C)N=NCC12. The second-order valence-corrected chi connectivity index (χ2v) is 7.83. The van der Waals surface area contributed by atoms with Gasteiger partial charge in [0.05, 0.1) is 18.2 Å². The number of oxime groups is 1. The lowest BCUT2D eigenvalue weighted by molar-refractivity contribution is -0.126. The van der Waals surface area contributed by atoms with Gasteiger partial charge in [0.2, 0.25) is 0 Å². The Morgan fingerprint density at radius 3 is 2.38 bits per heavy atom. The lowest BCUT2D eigenvalue weighted by Gasteiger charge is -2.45. The summed E-state index contributed by atoms with van der Waals surface area (Å²) >= 11 is 0. The fourth-order valence-electron chi connectivity index (χ4n) is 3.23. The molecule has 5 nitrogen and oxygen atoms in total. The highest BCUT2D eigenvalue weighted by molar-refractivity contribution is 6.17. The van der Waals surface area contributed by atoms with E-state index in [9.17, 15) is 4.79 Å². The van der Waals surface area contributed by atoms with Crippen molar-refractivity contribution < 1.29 is 9.63 Å². The van der Waals surface area contributed by atoms with E-state index in [0.29, 0.717) is 6.54 Å². The van der Waals surface area contributed by atoms with E-state index in [1.54, 1.807) is 0 Å². The predicted molar refractivity (Wildman–Crippen MR) is 82.4 cm³/mol. The molecule has 1 heterocycles. The van der Waals surface area contributed by atoms with Crippen LogP contribution in [0, 0.1) is 16.7 Å². The van der Waals surface area contributed by atoms with Crippen LogP contribution in [0.2, 0.25) is 0 Å². The van der Waals surface area contributed by atoms with Gasteiger partial charge >= 0.3 is 0 Å². The summed E-state index contributed by atoms with van der Waals surface area (Å²) in [5, 5.41) is 12.8. The van der Waals surface area contributed by atoms with Crippen LogP contribution < -0.4 is 0 Å². The van der Waals surface area contributed by atoms with E-state index in [2.05, 4.69) is 15.4 Å². The van der Waals surface area contributed by atoms with Gasteiger partial charge in [0.15, 0.2) is 11.3 Å². The summed E-state index contributed by atoms with van der Waals surface area (Å²) in [7, 11) is 1.52. The minimum absolute atomic E-state index is 0.0730. The first-order valence-corrected chi connectivity index (χ1v) is 7.32. The minimum Gasteiger partial charge on any atom is -0.399 e. The van der Waals surface area contributed by atoms with Crippen LogP contribution in [0.25, 0.3) is 0 Å². The van der Waals surface area contributed by atoms with Crippen molar-refractivity contribution in [3.8, 4) is 0 Å². The molecule has 116 valence electrons. The number of hydrogen-bond acceptors (Lipinski definition) is 5. The van der Waals surface area contributed by atoms with Crippen LogP contribution in [0.5, 0.6) is 0 Å². The molecule has 0 radical (unpaired) electrons. The number of carbonyl (C=O) groups is 1. The van der Waals surface area contributed by atoms with Crippen LogP contribution in [-0.4, -0.2) is 30.7 Å². The maximum absolute atomic E-state index is 13.3. The van der Waals surface area contributed by atoms with Crippen molar-refractivity contribution in [1.82, 2.24) is 0 Å². The van der Waals surface area contributed by atoms with Crippen molar-refractivity contribution in [2.75, 3.05) is 13.7 Å². The molecule has 2 atom stereocenters. The lowest BCUT2D eigenvalue weighted by Crippen LogP contribution is -2.58. The second kappa shape index (κ2) is 4.75. The summed E-state index contributed by atoms with van der Waals surface area (Å²) in [6.45, 7) is 12.7. The Kier molecular flexibility index (Phi) is 3.59. The van der Waals surface area contributed by atoms with E-state index in [0.717, 1.165) is 11.3 Å². The fourth-order valence-corrected chi connectivity index (χ4v) is 3.23. The molecule has 0 aromatic heterocycles. The van der Waals surface area contributed by atoms with Crippen LogP contribution in [0.15, 0.2) is 27.0 Å². The molecule has 1 aliphatic carbocycles. The molecule has 0 N–H and O–H groups in total. The van der Waals surface area contributed by atoms with Gasteiger partial charge in [-0.1, -0.05) is 46.7 Å². The van der Waals surface area contributed by atoms with E-state index in [4.69, 9.17) is 4.84 Å². The molecule has 0 fully saturated rings. The normalized spacial score (nSPS) is 31.4. The Bertz CT molecular complexity index is 547. The van der Waals surface area contributed by atoms with Gasteiger partial charge in [0.25, 0.3) is 0 Å². The number of ketones is 1. The Morgan fingerprint density at radius 1 is 1.29 bits per heavy atom. The molecule has 0 saturated carbocycles. The number of hydrogen-bond donors (Lipinski definition) is 0. The van der Waals surface area contributed by atoms with Crippen molar-refractivity contribution >= 4 is 11.5 Å². The van der Waals surface area contributed by atoms with Gasteiger partial charge in [0.1, 0.15) is 7.11 Å². The molecule has 0 aromatic rings. The third-order valence-corrected chi connectivity index (χ3v) is 4.39. The van der Waals surface area contributed by atoms with Gasteiger partial charge < -0.3 is 4.84 Å². The van der Waals surface area contributed by atoms with Crippen LogP contribution in [0.1, 0.15) is 41.5 Å². The average molecular weight is 291 g/mol. The Morgan fingerprint density at radius 2 is 1.90 bits per heavy atom. The van der Waals surface area contributed by atoms with Gasteiger partial charge in [-0.15, -0.1) is 0 Å². The molecular formula is C16H25N3O2. The molecule has 21 heavy (non-hydrogen) atoms. The van der Waals surface area contributed by atoms with Gasteiger partial charge in [-0.05, 0) is 16.9 Å². The monoisotopic (exact) mass is 291 g/mol. The van der Waals surface area contributed by atoms with Crippen LogP contribution in [0.4, 0.5) is 0 Å². The van der Waals surface area contributed by atoms with E-state index in [-0.39, 0.29) is 22.5 Å². The van der Waals surface area contributed by atoms with Gasteiger partial charge in [0, 0.05) is 5.57 Å². The number of carbonyl (C=O) groups excluding carboxylic acids is 1. The number of nitrogens with zero attached hydrogens (tertiary/aromatic N) is 3. The summed E-state index contributed by atoms with van der Waals surface area (Å²) in [6.07, 6.45) is 1.87. The molecule has 1 aliphatic heterocycles. The molecule has 0 spiro atoms. The van der Waals surface area contributed by atoms with E-state index >= 15 is 0 Å². The standard InChI is InChI=1S/C16H25N3O2/c1-14(2,3)10-8-12(18-21-7)11-9-17-19-16(11,13(10)20)15(4,5)6/h8,11H,9H2,1-7H3/b18-12-. The smallest absolute Gasteiger partial charge is 0.190 e. The summed E-state index contributed by atoms with van der Waals surface area (Å²) in [5.41, 5.74) is 0.0233. The quantitative estimate of drug-likeness (QED) is 0.695. The van der Waals surface area contributed by atoms with Crippen molar-refractivity contribution in [2.45, 2.75) is 47.1 Å². The van der Waals surface area contributed by atoms with E-state index in [1.165, 1.54) is 7.11 Å². The van der Waals surface area contributed by atoms with Crippen molar-refractivity contribution in [3.05, 3.63) is 11.6 Å². The number of allylic oxidation sites excluding steroid dienone is 1. The lowest BCUT2D eigenvalue weighted by atomic mass is 9.57. The average Bonchev–Trinajstić information content (AvgIpc) is 2.77. The summed E-state index contributed by atoms with van der Waals surface area (Å²) in [4.78, 5) is 18.2. The molecule has 2 aliphatic rings. The fraction of sp³-hybridized carbons (Fsp3) is 0.750. The molecule has 0 amide bonds. The molecule has 5 heteroatoms. The Balaban J connectivity index is 2.71. The molecule has 2 rings (SSSR count). The highest BCUT2D eigenvalue weighted by Crippen LogP contribution is 2.51. The Hall–Kier alpha value is -1.52. The third kappa shape index (κ3) is 2.23. The zero-order chi connectivity index (χ0) is 16.1. The van der Waals surface area contributed by atoms with E-state index in [1.807, 2.05) is 47.6 Å². The zero-order valence-electron chi connectivity index (χ0n) is 14.0. The van der Waals surface area contributed by atoms with Gasteiger partial charge in [-0.3, -0.25) is 4.79 Å². The topological polar surface area (TPSA) is 63.4 Å². The maximum Gasteiger partial charge on any atom is 0.190 e. The first-order chi connectivity index (χ1) is 9.55. The highest BCUT2D eigenvalue weighted by atomic mass is 16.6. The van der Waals surface area contributed by atoms with Gasteiger partial charge in [-0.25, -0.2) is 0 Å². The minimum atomic E-state index is -0.873. The van der Waals surface area contributed by atoms with Gasteiger partial charge in [-0.2, -0.15) is 10.2 Å².